The minimum atomic E-state index is -0.883. The molecule has 6 heteroatoms. The predicted octanol–water partition coefficient (Wildman–Crippen LogP) is 0.769. The molecule has 22 heavy (non-hydrogen) atoms. The van der Waals surface area contributed by atoms with E-state index >= 15 is 0 Å². The van der Waals surface area contributed by atoms with Crippen molar-refractivity contribution < 1.29 is 19.8 Å². The van der Waals surface area contributed by atoms with Crippen LogP contribution in [0.25, 0.3) is 0 Å². The Kier molecular flexibility index (Phi) is 5.32. The van der Waals surface area contributed by atoms with Gasteiger partial charge in [-0.05, 0) is 45.9 Å². The molecule has 0 aliphatic carbocycles. The first-order valence-electron chi connectivity index (χ1n) is 7.03. The molecular formula is C16H24N2O4. The van der Waals surface area contributed by atoms with Crippen LogP contribution in [0, 0.1) is 0 Å². The van der Waals surface area contributed by atoms with Crippen molar-refractivity contribution in [2.75, 3.05) is 13.2 Å². The molecule has 1 aromatic carbocycles. The molecule has 0 aromatic heterocycles. The first-order chi connectivity index (χ1) is 10.1. The summed E-state index contributed by atoms with van der Waals surface area (Å²) in [6.07, 6.45) is 0. The Morgan fingerprint density at radius 3 is 1.91 bits per heavy atom. The summed E-state index contributed by atoms with van der Waals surface area (Å²) in [6, 6.07) is 6.09. The monoisotopic (exact) mass is 308 g/mol. The van der Waals surface area contributed by atoms with Crippen molar-refractivity contribution in [2.24, 2.45) is 5.73 Å². The van der Waals surface area contributed by atoms with Crippen molar-refractivity contribution in [3.8, 4) is 0 Å². The minimum Gasteiger partial charge on any atom is -0.394 e. The molecule has 1 aromatic rings. The average molecular weight is 308 g/mol. The van der Waals surface area contributed by atoms with Gasteiger partial charge in [0.05, 0.1) is 24.3 Å². The largest absolute Gasteiger partial charge is 0.394 e. The van der Waals surface area contributed by atoms with Crippen molar-refractivity contribution in [3.05, 3.63) is 35.4 Å². The van der Waals surface area contributed by atoms with Crippen LogP contribution >= 0.6 is 0 Å². The van der Waals surface area contributed by atoms with E-state index in [0.717, 1.165) is 0 Å². The highest BCUT2D eigenvalue weighted by atomic mass is 16.3. The molecule has 2 amide bonds. The zero-order valence-electron chi connectivity index (χ0n) is 13.5. The molecule has 0 aliphatic heterocycles. The molecular weight excluding hydrogens is 284 g/mol. The van der Waals surface area contributed by atoms with E-state index in [1.807, 2.05) is 0 Å². The minimum absolute atomic E-state index is 0.231. The van der Waals surface area contributed by atoms with E-state index in [2.05, 4.69) is 0 Å². The van der Waals surface area contributed by atoms with Crippen LogP contribution in [0.4, 0.5) is 0 Å². The van der Waals surface area contributed by atoms with Gasteiger partial charge in [0.2, 0.25) is 5.91 Å². The van der Waals surface area contributed by atoms with Crippen LogP contribution in [-0.2, 0) is 0 Å². The maximum Gasteiger partial charge on any atom is 0.254 e. The number of hydrogen-bond donors (Lipinski definition) is 3. The number of carbonyl (C=O) groups excluding carboxylic acids is 2. The van der Waals surface area contributed by atoms with E-state index < -0.39 is 17.0 Å². The number of nitrogens with two attached hydrogens (primary N) is 1. The van der Waals surface area contributed by atoms with Crippen LogP contribution in [0.15, 0.2) is 24.3 Å². The van der Waals surface area contributed by atoms with Crippen LogP contribution in [0.5, 0.6) is 0 Å². The molecule has 0 radical (unpaired) electrons. The van der Waals surface area contributed by atoms with Crippen molar-refractivity contribution in [3.63, 3.8) is 0 Å². The van der Waals surface area contributed by atoms with Crippen LogP contribution < -0.4 is 5.73 Å². The molecule has 0 fully saturated rings. The lowest BCUT2D eigenvalue weighted by Gasteiger charge is -2.47. The van der Waals surface area contributed by atoms with Gasteiger partial charge in [0.1, 0.15) is 0 Å². The summed E-state index contributed by atoms with van der Waals surface area (Å²) in [4.78, 5) is 25.6. The summed E-state index contributed by atoms with van der Waals surface area (Å²) in [7, 11) is 0. The van der Waals surface area contributed by atoms with Gasteiger partial charge in [-0.1, -0.05) is 6.07 Å². The number of aliphatic hydroxyl groups is 2. The van der Waals surface area contributed by atoms with Crippen molar-refractivity contribution >= 4 is 11.8 Å². The van der Waals surface area contributed by atoms with E-state index in [0.29, 0.717) is 0 Å². The third-order valence-electron chi connectivity index (χ3n) is 3.58. The van der Waals surface area contributed by atoms with Gasteiger partial charge in [0.25, 0.3) is 5.91 Å². The van der Waals surface area contributed by atoms with Gasteiger partial charge < -0.3 is 20.8 Å². The Morgan fingerprint density at radius 1 is 1.05 bits per heavy atom. The number of primary amides is 1. The highest BCUT2D eigenvalue weighted by Gasteiger charge is 2.41. The number of amides is 2. The zero-order chi connectivity index (χ0) is 17.1. The third-order valence-corrected chi connectivity index (χ3v) is 3.58. The van der Waals surface area contributed by atoms with Gasteiger partial charge in [-0.15, -0.1) is 0 Å². The van der Waals surface area contributed by atoms with Gasteiger partial charge in [0.15, 0.2) is 0 Å². The SMILES string of the molecule is CC(C)(CO)N(C(=O)c1cccc(C(N)=O)c1)C(C)(C)CO. The first-order valence-corrected chi connectivity index (χ1v) is 7.03. The smallest absolute Gasteiger partial charge is 0.254 e. The fourth-order valence-electron chi connectivity index (χ4n) is 2.45. The second-order valence-electron chi connectivity index (χ2n) is 6.53. The van der Waals surface area contributed by atoms with E-state index in [9.17, 15) is 19.8 Å². The number of rotatable bonds is 6. The Morgan fingerprint density at radius 2 is 1.50 bits per heavy atom. The normalized spacial score (nSPS) is 12.1. The molecule has 1 rings (SSSR count). The van der Waals surface area contributed by atoms with Crippen LogP contribution in [-0.4, -0.2) is 51.2 Å². The van der Waals surface area contributed by atoms with Gasteiger partial charge in [-0.25, -0.2) is 0 Å². The molecule has 0 unspecified atom stereocenters. The lowest BCUT2D eigenvalue weighted by Crippen LogP contribution is -2.61. The molecule has 0 aliphatic rings. The Bertz CT molecular complexity index is 551. The summed E-state index contributed by atoms with van der Waals surface area (Å²) < 4.78 is 0. The van der Waals surface area contributed by atoms with Crippen LogP contribution in [0.1, 0.15) is 48.4 Å². The maximum absolute atomic E-state index is 12.9. The topological polar surface area (TPSA) is 104 Å². The Balaban J connectivity index is 3.35. The Hall–Kier alpha value is -1.92. The summed E-state index contributed by atoms with van der Waals surface area (Å²) >= 11 is 0. The van der Waals surface area contributed by atoms with Crippen LogP contribution in [0.3, 0.4) is 0 Å². The zero-order valence-corrected chi connectivity index (χ0v) is 13.5. The Labute approximate surface area is 130 Å². The van der Waals surface area contributed by atoms with E-state index in [-0.39, 0.29) is 30.2 Å². The second kappa shape index (κ2) is 6.46. The standard InChI is InChI=1S/C16H24N2O4/c1-15(2,9-19)18(16(3,4)10-20)14(22)12-7-5-6-11(8-12)13(17)21/h5-8,19-20H,9-10H2,1-4H3,(H2,17,21). The number of aliphatic hydroxyl groups excluding tert-OH is 2. The van der Waals surface area contributed by atoms with Crippen molar-refractivity contribution in [1.29, 1.82) is 0 Å². The lowest BCUT2D eigenvalue weighted by molar-refractivity contribution is -0.0242. The maximum atomic E-state index is 12.9. The van der Waals surface area contributed by atoms with Gasteiger partial charge in [-0.3, -0.25) is 9.59 Å². The quantitative estimate of drug-likeness (QED) is 0.722. The summed E-state index contributed by atoms with van der Waals surface area (Å²) in [5.41, 5.74) is 3.98. The predicted molar refractivity (Wildman–Crippen MR) is 83.5 cm³/mol. The molecule has 0 heterocycles. The van der Waals surface area contributed by atoms with Gasteiger partial charge in [0, 0.05) is 11.1 Å². The van der Waals surface area contributed by atoms with E-state index in [1.54, 1.807) is 39.8 Å². The average Bonchev–Trinajstić information content (AvgIpc) is 2.46. The molecule has 6 nitrogen and oxygen atoms in total. The lowest BCUT2D eigenvalue weighted by atomic mass is 9.92. The number of hydrogen-bond acceptors (Lipinski definition) is 4. The molecule has 4 N–H and O–H groups in total. The first kappa shape index (κ1) is 18.1. The highest BCUT2D eigenvalue weighted by molar-refractivity contribution is 5.99. The molecule has 0 saturated carbocycles. The van der Waals surface area contributed by atoms with Crippen molar-refractivity contribution in [2.45, 2.75) is 38.8 Å². The number of benzene rings is 1. The highest BCUT2D eigenvalue weighted by Crippen LogP contribution is 2.27. The molecule has 0 saturated heterocycles. The number of carbonyl (C=O) groups is 2. The second-order valence-corrected chi connectivity index (χ2v) is 6.53. The summed E-state index contributed by atoms with van der Waals surface area (Å²) in [5.74, 6) is -1.01. The summed E-state index contributed by atoms with van der Waals surface area (Å²) in [6.45, 7) is 6.30. The molecule has 122 valence electrons. The number of nitrogens with zero attached hydrogens (tertiary/aromatic N) is 1. The van der Waals surface area contributed by atoms with Crippen molar-refractivity contribution in [1.82, 2.24) is 4.90 Å². The third kappa shape index (κ3) is 3.64. The van der Waals surface area contributed by atoms with E-state index in [4.69, 9.17) is 5.73 Å². The fourth-order valence-corrected chi connectivity index (χ4v) is 2.45. The van der Waals surface area contributed by atoms with Crippen LogP contribution in [0.2, 0.25) is 0 Å². The fraction of sp³-hybridized carbons (Fsp3) is 0.500. The molecule has 0 bridgehead atoms. The molecule has 0 atom stereocenters. The van der Waals surface area contributed by atoms with Gasteiger partial charge in [-0.2, -0.15) is 0 Å². The summed E-state index contributed by atoms with van der Waals surface area (Å²) in [5, 5.41) is 19.2. The van der Waals surface area contributed by atoms with E-state index in [1.165, 1.54) is 17.0 Å². The van der Waals surface area contributed by atoms with Gasteiger partial charge >= 0.3 is 0 Å². The molecule has 0 spiro atoms.